The predicted octanol–water partition coefficient (Wildman–Crippen LogP) is 2.59. The summed E-state index contributed by atoms with van der Waals surface area (Å²) in [6.07, 6.45) is 3.43. The topological polar surface area (TPSA) is 56.8 Å². The van der Waals surface area contributed by atoms with Crippen LogP contribution in [0.2, 0.25) is 0 Å². The molecule has 1 aromatic carbocycles. The Labute approximate surface area is 130 Å². The van der Waals surface area contributed by atoms with Crippen molar-refractivity contribution >= 4 is 5.91 Å². The van der Waals surface area contributed by atoms with Gasteiger partial charge in [0, 0.05) is 13.0 Å². The lowest BCUT2D eigenvalue weighted by molar-refractivity contribution is -0.123. The normalized spacial score (nSPS) is 22.0. The molecule has 1 fully saturated rings. The van der Waals surface area contributed by atoms with Gasteiger partial charge < -0.3 is 19.5 Å². The van der Waals surface area contributed by atoms with Gasteiger partial charge in [0.25, 0.3) is 0 Å². The number of rotatable bonds is 4. The van der Waals surface area contributed by atoms with Gasteiger partial charge in [0.15, 0.2) is 11.5 Å². The van der Waals surface area contributed by atoms with E-state index in [0.29, 0.717) is 19.6 Å². The Morgan fingerprint density at radius 2 is 2.05 bits per heavy atom. The molecular weight excluding hydrogens is 282 g/mol. The molecule has 0 spiro atoms. The molecule has 0 aromatic heterocycles. The Kier molecular flexibility index (Phi) is 4.83. The number of fused-ring (bicyclic) bond motifs is 1. The molecule has 1 aromatic rings. The van der Waals surface area contributed by atoms with Gasteiger partial charge in [0.05, 0.1) is 31.8 Å². The zero-order valence-electron chi connectivity index (χ0n) is 13.0. The fraction of sp³-hybridized carbons (Fsp3) is 0.588. The van der Waals surface area contributed by atoms with Crippen molar-refractivity contribution in [3.8, 4) is 11.5 Å². The van der Waals surface area contributed by atoms with Gasteiger partial charge in [-0.2, -0.15) is 0 Å². The molecule has 2 aliphatic rings. The second-order valence-corrected chi connectivity index (χ2v) is 5.89. The quantitative estimate of drug-likeness (QED) is 0.929. The highest BCUT2D eigenvalue weighted by Gasteiger charge is 2.21. The summed E-state index contributed by atoms with van der Waals surface area (Å²) in [5.41, 5.74) is 1.02. The zero-order chi connectivity index (χ0) is 15.4. The highest BCUT2D eigenvalue weighted by Crippen LogP contribution is 2.32. The molecule has 5 heteroatoms. The van der Waals surface area contributed by atoms with Crippen LogP contribution < -0.4 is 14.8 Å². The third kappa shape index (κ3) is 3.71. The second kappa shape index (κ2) is 7.01. The lowest BCUT2D eigenvalue weighted by atomic mass is 10.1. The molecule has 2 aliphatic heterocycles. The molecule has 0 radical (unpaired) electrons. The lowest BCUT2D eigenvalue weighted by Crippen LogP contribution is -2.29. The number of benzene rings is 1. The molecule has 5 nitrogen and oxygen atoms in total. The Hall–Kier alpha value is -1.75. The first-order chi connectivity index (χ1) is 10.7. The molecule has 22 heavy (non-hydrogen) atoms. The number of ether oxygens (including phenoxy) is 3. The van der Waals surface area contributed by atoms with Crippen LogP contribution in [0.5, 0.6) is 11.5 Å². The number of hydrogen-bond acceptors (Lipinski definition) is 4. The average Bonchev–Trinajstić information content (AvgIpc) is 2.89. The van der Waals surface area contributed by atoms with Crippen molar-refractivity contribution in [1.29, 1.82) is 0 Å². The number of amides is 1. The summed E-state index contributed by atoms with van der Waals surface area (Å²) < 4.78 is 16.8. The Morgan fingerprint density at radius 3 is 2.82 bits per heavy atom. The van der Waals surface area contributed by atoms with E-state index in [4.69, 9.17) is 14.2 Å². The van der Waals surface area contributed by atoms with Gasteiger partial charge >= 0.3 is 0 Å². The summed E-state index contributed by atoms with van der Waals surface area (Å²) in [6.45, 7) is 4.10. The Morgan fingerprint density at radius 1 is 1.23 bits per heavy atom. The van der Waals surface area contributed by atoms with Gasteiger partial charge in [-0.25, -0.2) is 0 Å². The maximum Gasteiger partial charge on any atom is 0.223 e. The molecule has 0 saturated carbocycles. The Bertz CT molecular complexity index is 525. The van der Waals surface area contributed by atoms with Crippen molar-refractivity contribution in [2.45, 2.75) is 44.8 Å². The number of carbonyl (C=O) groups excluding carboxylic acids is 1. The van der Waals surface area contributed by atoms with Crippen molar-refractivity contribution in [2.24, 2.45) is 0 Å². The molecule has 0 bridgehead atoms. The summed E-state index contributed by atoms with van der Waals surface area (Å²) >= 11 is 0. The summed E-state index contributed by atoms with van der Waals surface area (Å²) in [4.78, 5) is 12.1. The first kappa shape index (κ1) is 15.2. The largest absolute Gasteiger partial charge is 0.490 e. The first-order valence-corrected chi connectivity index (χ1v) is 8.03. The van der Waals surface area contributed by atoms with Crippen molar-refractivity contribution in [3.63, 3.8) is 0 Å². The molecule has 1 amide bonds. The van der Waals surface area contributed by atoms with E-state index in [0.717, 1.165) is 42.9 Å². The SMILES string of the molecule is C[C@H](NC(=O)C[C@@H]1CCCO1)c1ccc2c(c1)OCCCO2. The van der Waals surface area contributed by atoms with Crippen LogP contribution in [0, 0.1) is 0 Å². The maximum atomic E-state index is 12.1. The minimum absolute atomic E-state index is 0.0338. The second-order valence-electron chi connectivity index (χ2n) is 5.89. The third-order valence-corrected chi connectivity index (χ3v) is 4.09. The molecule has 0 aliphatic carbocycles. The minimum atomic E-state index is -0.0638. The molecule has 2 atom stereocenters. The van der Waals surface area contributed by atoms with Crippen molar-refractivity contribution in [3.05, 3.63) is 23.8 Å². The zero-order valence-corrected chi connectivity index (χ0v) is 13.0. The van der Waals surface area contributed by atoms with Crippen LogP contribution in [0.4, 0.5) is 0 Å². The molecule has 1 saturated heterocycles. The Balaban J connectivity index is 1.60. The first-order valence-electron chi connectivity index (χ1n) is 8.03. The molecule has 3 rings (SSSR count). The van der Waals surface area contributed by atoms with Crippen LogP contribution in [0.25, 0.3) is 0 Å². The van der Waals surface area contributed by atoms with Crippen LogP contribution in [-0.2, 0) is 9.53 Å². The van der Waals surface area contributed by atoms with Gasteiger partial charge in [-0.1, -0.05) is 6.07 Å². The van der Waals surface area contributed by atoms with Crippen molar-refractivity contribution in [2.75, 3.05) is 19.8 Å². The summed E-state index contributed by atoms with van der Waals surface area (Å²) in [5.74, 6) is 1.57. The smallest absolute Gasteiger partial charge is 0.223 e. The fourth-order valence-corrected chi connectivity index (χ4v) is 2.85. The molecule has 2 heterocycles. The van der Waals surface area contributed by atoms with Crippen molar-refractivity contribution in [1.82, 2.24) is 5.32 Å². The van der Waals surface area contributed by atoms with Crippen LogP contribution in [0.3, 0.4) is 0 Å². The molecule has 1 N–H and O–H groups in total. The van der Waals surface area contributed by atoms with E-state index in [-0.39, 0.29) is 18.1 Å². The van der Waals surface area contributed by atoms with Crippen LogP contribution >= 0.6 is 0 Å². The van der Waals surface area contributed by atoms with E-state index in [1.807, 2.05) is 25.1 Å². The van der Waals surface area contributed by atoms with E-state index < -0.39 is 0 Å². The van der Waals surface area contributed by atoms with Crippen LogP contribution in [0.1, 0.15) is 44.2 Å². The van der Waals surface area contributed by atoms with Crippen molar-refractivity contribution < 1.29 is 19.0 Å². The predicted molar refractivity (Wildman–Crippen MR) is 82.2 cm³/mol. The van der Waals surface area contributed by atoms with Gasteiger partial charge in [0.1, 0.15) is 0 Å². The highest BCUT2D eigenvalue weighted by molar-refractivity contribution is 5.77. The summed E-state index contributed by atoms with van der Waals surface area (Å²) in [5, 5.41) is 3.03. The number of hydrogen-bond donors (Lipinski definition) is 1. The van der Waals surface area contributed by atoms with E-state index in [1.165, 1.54) is 0 Å². The van der Waals surface area contributed by atoms with Gasteiger partial charge in [-0.15, -0.1) is 0 Å². The fourth-order valence-electron chi connectivity index (χ4n) is 2.85. The van der Waals surface area contributed by atoms with Crippen LogP contribution in [-0.4, -0.2) is 31.8 Å². The summed E-state index contributed by atoms with van der Waals surface area (Å²) in [7, 11) is 0. The molecule has 120 valence electrons. The lowest BCUT2D eigenvalue weighted by Gasteiger charge is -2.17. The number of carbonyl (C=O) groups is 1. The van der Waals surface area contributed by atoms with E-state index in [2.05, 4.69) is 5.32 Å². The van der Waals surface area contributed by atoms with E-state index in [9.17, 15) is 4.79 Å². The van der Waals surface area contributed by atoms with E-state index >= 15 is 0 Å². The molecular formula is C17H23NO4. The summed E-state index contributed by atoms with van der Waals surface area (Å²) in [6, 6.07) is 5.78. The average molecular weight is 305 g/mol. The molecule has 0 unspecified atom stereocenters. The van der Waals surface area contributed by atoms with Gasteiger partial charge in [0.2, 0.25) is 5.91 Å². The van der Waals surface area contributed by atoms with Crippen LogP contribution in [0.15, 0.2) is 18.2 Å². The minimum Gasteiger partial charge on any atom is -0.490 e. The van der Waals surface area contributed by atoms with Gasteiger partial charge in [-0.05, 0) is 37.5 Å². The third-order valence-electron chi connectivity index (χ3n) is 4.09. The standard InChI is InChI=1S/C17H23NO4/c1-12(18-17(19)11-14-4-2-7-20-14)13-5-6-15-16(10-13)22-9-3-8-21-15/h5-6,10,12,14H,2-4,7-9,11H2,1H3,(H,18,19)/t12-,14-/m0/s1. The maximum absolute atomic E-state index is 12.1. The highest BCUT2D eigenvalue weighted by atomic mass is 16.5. The monoisotopic (exact) mass is 305 g/mol. The number of nitrogens with one attached hydrogen (secondary N) is 1. The van der Waals surface area contributed by atoms with Gasteiger partial charge in [-0.3, -0.25) is 4.79 Å². The van der Waals surface area contributed by atoms with E-state index in [1.54, 1.807) is 0 Å².